The number of hydrogen-bond acceptors (Lipinski definition) is 5. The van der Waals surface area contributed by atoms with Gasteiger partial charge in [-0.15, -0.1) is 0 Å². The maximum atomic E-state index is 12.1. The molecule has 1 aromatic heterocycles. The van der Waals surface area contributed by atoms with Gasteiger partial charge < -0.3 is 15.6 Å². The minimum Gasteiger partial charge on any atom is -0.461 e. The molecule has 1 unspecified atom stereocenters. The first-order chi connectivity index (χ1) is 15.4. The molecule has 32 heavy (non-hydrogen) atoms. The van der Waals surface area contributed by atoms with Crippen LogP contribution >= 0.6 is 0 Å². The van der Waals surface area contributed by atoms with Crippen molar-refractivity contribution in [3.63, 3.8) is 0 Å². The van der Waals surface area contributed by atoms with Gasteiger partial charge in [0.2, 0.25) is 0 Å². The first kappa shape index (κ1) is 21.8. The number of rotatable bonds is 4. The van der Waals surface area contributed by atoms with Crippen molar-refractivity contribution in [3.05, 3.63) is 47.8 Å². The minimum absolute atomic E-state index is 0.116. The third-order valence-electron chi connectivity index (χ3n) is 9.39. The highest BCUT2D eigenvalue weighted by Gasteiger charge is 2.57. The standard InChI is InChI=1S/C27H36N2O3/c1-26-11-9-19(32-25(31)24(28)16-30)14-18(26)5-6-20-22-8-7-21(17-4-3-13-29-15-17)27(22,2)12-10-23(20)26/h3-5,7,13,15,19-20,22-24,30H,6,8-12,14,16,28H2,1-2H3/t19-,20-,22-,23-,24?,26-,27+/m0/s1. The first-order valence-electron chi connectivity index (χ1n) is 12.2. The molecule has 5 rings (SSSR count). The average Bonchev–Trinajstić information content (AvgIpc) is 3.16. The highest BCUT2D eigenvalue weighted by Crippen LogP contribution is 2.66. The van der Waals surface area contributed by atoms with Gasteiger partial charge in [0.05, 0.1) is 6.61 Å². The zero-order valence-electron chi connectivity index (χ0n) is 19.3. The van der Waals surface area contributed by atoms with E-state index in [1.54, 1.807) is 0 Å². The summed E-state index contributed by atoms with van der Waals surface area (Å²) in [5.41, 5.74) is 10.3. The second-order valence-corrected chi connectivity index (χ2v) is 10.9. The van der Waals surface area contributed by atoms with Crippen molar-refractivity contribution < 1.29 is 14.6 Å². The summed E-state index contributed by atoms with van der Waals surface area (Å²) >= 11 is 0. The molecule has 4 aliphatic carbocycles. The van der Waals surface area contributed by atoms with E-state index in [1.807, 2.05) is 18.5 Å². The van der Waals surface area contributed by atoms with Crippen molar-refractivity contribution in [2.24, 2.45) is 34.3 Å². The molecule has 5 nitrogen and oxygen atoms in total. The fraction of sp³-hybridized carbons (Fsp3) is 0.630. The van der Waals surface area contributed by atoms with E-state index in [4.69, 9.17) is 15.6 Å². The molecule has 3 N–H and O–H groups in total. The molecule has 2 saturated carbocycles. The fourth-order valence-corrected chi connectivity index (χ4v) is 7.59. The molecule has 0 saturated heterocycles. The third-order valence-corrected chi connectivity index (χ3v) is 9.39. The largest absolute Gasteiger partial charge is 0.461 e. The number of aromatic nitrogens is 1. The molecule has 1 aromatic rings. The molecular formula is C27H36N2O3. The molecule has 5 heteroatoms. The van der Waals surface area contributed by atoms with Crippen LogP contribution in [0.3, 0.4) is 0 Å². The van der Waals surface area contributed by atoms with E-state index < -0.39 is 12.0 Å². The summed E-state index contributed by atoms with van der Waals surface area (Å²) in [6, 6.07) is 3.32. The maximum absolute atomic E-state index is 12.1. The van der Waals surface area contributed by atoms with Crippen molar-refractivity contribution in [2.75, 3.05) is 6.61 Å². The molecule has 0 aromatic carbocycles. The zero-order chi connectivity index (χ0) is 22.5. The molecule has 0 aliphatic heterocycles. The molecular weight excluding hydrogens is 400 g/mol. The van der Waals surface area contributed by atoms with Crippen LogP contribution in [0.5, 0.6) is 0 Å². The van der Waals surface area contributed by atoms with Gasteiger partial charge in [-0.3, -0.25) is 9.78 Å². The number of nitrogens with zero attached hydrogens (tertiary/aromatic N) is 1. The zero-order valence-corrected chi connectivity index (χ0v) is 19.3. The quantitative estimate of drug-likeness (QED) is 0.544. The van der Waals surface area contributed by atoms with Crippen molar-refractivity contribution in [2.45, 2.75) is 70.9 Å². The highest BCUT2D eigenvalue weighted by atomic mass is 16.5. The SMILES string of the molecule is C[C@]12CC[C@H](OC(=O)C(N)CO)CC1=CC[C@@H]1[C@@H]2CC[C@]2(C)C(c3cccnc3)=CC[C@@H]12. The van der Waals surface area contributed by atoms with E-state index in [2.05, 4.69) is 37.0 Å². The van der Waals surface area contributed by atoms with Crippen LogP contribution < -0.4 is 5.73 Å². The summed E-state index contributed by atoms with van der Waals surface area (Å²) in [7, 11) is 0. The van der Waals surface area contributed by atoms with Crippen LogP contribution in [-0.2, 0) is 9.53 Å². The Morgan fingerprint density at radius 3 is 2.78 bits per heavy atom. The van der Waals surface area contributed by atoms with Crippen LogP contribution in [0.25, 0.3) is 5.57 Å². The van der Waals surface area contributed by atoms with E-state index in [1.165, 1.54) is 36.0 Å². The number of aliphatic hydroxyl groups is 1. The van der Waals surface area contributed by atoms with Gasteiger partial charge in [0.25, 0.3) is 0 Å². The number of carbonyl (C=O) groups excluding carboxylic acids is 1. The van der Waals surface area contributed by atoms with E-state index in [0.717, 1.165) is 25.7 Å². The number of aliphatic hydroxyl groups excluding tert-OH is 1. The number of nitrogens with two attached hydrogens (primary N) is 1. The summed E-state index contributed by atoms with van der Waals surface area (Å²) in [6.07, 6.45) is 16.2. The normalized spacial score (nSPS) is 39.1. The third kappa shape index (κ3) is 3.36. The number of fused-ring (bicyclic) bond motifs is 5. The predicted octanol–water partition coefficient (Wildman–Crippen LogP) is 4.27. The van der Waals surface area contributed by atoms with Gasteiger partial charge in [-0.25, -0.2) is 0 Å². The molecule has 0 bridgehead atoms. The second-order valence-electron chi connectivity index (χ2n) is 10.9. The number of hydrogen-bond donors (Lipinski definition) is 2. The molecule has 0 radical (unpaired) electrons. The smallest absolute Gasteiger partial charge is 0.325 e. The molecule has 0 spiro atoms. The van der Waals surface area contributed by atoms with Crippen molar-refractivity contribution in [1.82, 2.24) is 4.98 Å². The second kappa shape index (κ2) is 8.11. The van der Waals surface area contributed by atoms with Gasteiger partial charge in [-0.05, 0) is 84.3 Å². The van der Waals surface area contributed by atoms with Crippen molar-refractivity contribution in [1.29, 1.82) is 0 Å². The Morgan fingerprint density at radius 1 is 1.22 bits per heavy atom. The Labute approximate surface area is 191 Å². The Morgan fingerprint density at radius 2 is 2.03 bits per heavy atom. The van der Waals surface area contributed by atoms with Crippen LogP contribution in [0.15, 0.2) is 42.3 Å². The Hall–Kier alpha value is -1.98. The van der Waals surface area contributed by atoms with Crippen LogP contribution in [0, 0.1) is 28.6 Å². The van der Waals surface area contributed by atoms with Crippen molar-refractivity contribution in [3.8, 4) is 0 Å². The minimum atomic E-state index is -0.937. The van der Waals surface area contributed by atoms with Gasteiger partial charge in [0.15, 0.2) is 0 Å². The van der Waals surface area contributed by atoms with Gasteiger partial charge in [0, 0.05) is 18.8 Å². The lowest BCUT2D eigenvalue weighted by Gasteiger charge is -2.57. The first-order valence-corrected chi connectivity index (χ1v) is 12.2. The number of ether oxygens (including phenoxy) is 1. The highest BCUT2D eigenvalue weighted by molar-refractivity contribution is 5.75. The Kier molecular flexibility index (Phi) is 5.53. The van der Waals surface area contributed by atoms with Crippen LogP contribution in [-0.4, -0.2) is 34.8 Å². The molecule has 7 atom stereocenters. The summed E-state index contributed by atoms with van der Waals surface area (Å²) in [5.74, 6) is 1.60. The van der Waals surface area contributed by atoms with E-state index in [-0.39, 0.29) is 23.5 Å². The molecule has 0 amide bonds. The Balaban J connectivity index is 1.34. The monoisotopic (exact) mass is 436 g/mol. The summed E-state index contributed by atoms with van der Waals surface area (Å²) in [4.78, 5) is 16.5. The maximum Gasteiger partial charge on any atom is 0.325 e. The lowest BCUT2D eigenvalue weighted by atomic mass is 9.47. The molecule has 172 valence electrons. The van der Waals surface area contributed by atoms with Gasteiger partial charge in [-0.1, -0.05) is 37.6 Å². The number of carbonyl (C=O) groups is 1. The molecule has 4 aliphatic rings. The van der Waals surface area contributed by atoms with Crippen LogP contribution in [0.4, 0.5) is 0 Å². The number of esters is 1. The summed E-state index contributed by atoms with van der Waals surface area (Å²) < 4.78 is 5.64. The lowest BCUT2D eigenvalue weighted by molar-refractivity contribution is -0.153. The molecule has 1 heterocycles. The van der Waals surface area contributed by atoms with E-state index in [9.17, 15) is 4.79 Å². The number of allylic oxidation sites excluding steroid dienone is 3. The van der Waals surface area contributed by atoms with E-state index >= 15 is 0 Å². The summed E-state index contributed by atoms with van der Waals surface area (Å²) in [5, 5.41) is 9.13. The topological polar surface area (TPSA) is 85.4 Å². The predicted molar refractivity (Wildman–Crippen MR) is 124 cm³/mol. The molecule has 2 fully saturated rings. The van der Waals surface area contributed by atoms with Crippen LogP contribution in [0.1, 0.15) is 64.4 Å². The van der Waals surface area contributed by atoms with Gasteiger partial charge in [-0.2, -0.15) is 0 Å². The average molecular weight is 437 g/mol. The van der Waals surface area contributed by atoms with Crippen molar-refractivity contribution >= 4 is 11.5 Å². The number of pyridine rings is 1. The lowest BCUT2D eigenvalue weighted by Crippen LogP contribution is -2.50. The van der Waals surface area contributed by atoms with Gasteiger partial charge in [0.1, 0.15) is 12.1 Å². The summed E-state index contributed by atoms with van der Waals surface area (Å²) in [6.45, 7) is 4.58. The van der Waals surface area contributed by atoms with Gasteiger partial charge >= 0.3 is 5.97 Å². The fourth-order valence-electron chi connectivity index (χ4n) is 7.59. The van der Waals surface area contributed by atoms with Crippen LogP contribution in [0.2, 0.25) is 0 Å². The Bertz CT molecular complexity index is 941. The van der Waals surface area contributed by atoms with E-state index in [0.29, 0.717) is 17.8 Å².